The lowest BCUT2D eigenvalue weighted by molar-refractivity contribution is -0.137. The van der Waals surface area contributed by atoms with Gasteiger partial charge in [-0.1, -0.05) is 20.8 Å². The number of aliphatic carboxylic acids is 1. The molecule has 0 saturated heterocycles. The molecule has 2 aromatic rings. The SMILES string of the molecule is CCOc1cc2c(cc1C(=O)NC)C(=N)N(CC(=O)c1cc(N(C)C)c(OCCCCC(=O)O)c(C(C)(C)C)c1)C2. The second kappa shape index (κ2) is 13.1. The second-order valence-corrected chi connectivity index (χ2v) is 11.4. The van der Waals surface area contributed by atoms with Crippen molar-refractivity contribution in [1.29, 1.82) is 5.41 Å². The zero-order chi connectivity index (χ0) is 30.5. The molecule has 10 heteroatoms. The van der Waals surface area contributed by atoms with Crippen LogP contribution in [0.3, 0.4) is 0 Å². The summed E-state index contributed by atoms with van der Waals surface area (Å²) in [4.78, 5) is 40.6. The number of ketones is 1. The standard InChI is InChI=1S/C31H42N4O6/c1-8-40-26-15-20-17-35(29(32)21(20)16-22(26)30(39)33-5)18-25(36)19-13-23(31(2,3)4)28(24(14-19)34(6)7)41-12-10-9-11-27(37)38/h13-16,32H,8-12,17-18H2,1-7H3,(H,33,39)(H,37,38). The van der Waals surface area contributed by atoms with E-state index in [4.69, 9.17) is 20.0 Å². The van der Waals surface area contributed by atoms with Gasteiger partial charge in [0, 0.05) is 50.8 Å². The Bertz CT molecular complexity index is 1330. The number of carbonyl (C=O) groups is 3. The summed E-state index contributed by atoms with van der Waals surface area (Å²) < 4.78 is 11.9. The number of nitrogens with one attached hydrogen (secondary N) is 2. The molecule has 0 spiro atoms. The molecule has 222 valence electrons. The van der Waals surface area contributed by atoms with Crippen LogP contribution in [-0.4, -0.2) is 74.4 Å². The number of amides is 1. The number of hydrogen-bond acceptors (Lipinski definition) is 7. The summed E-state index contributed by atoms with van der Waals surface area (Å²) in [5.41, 5.74) is 3.61. The Morgan fingerprint density at radius 3 is 2.39 bits per heavy atom. The zero-order valence-electron chi connectivity index (χ0n) is 25.1. The van der Waals surface area contributed by atoms with Gasteiger partial charge in [0.05, 0.1) is 31.0 Å². The lowest BCUT2D eigenvalue weighted by atomic mass is 9.84. The first-order valence-electron chi connectivity index (χ1n) is 13.9. The summed E-state index contributed by atoms with van der Waals surface area (Å²) >= 11 is 0. The zero-order valence-corrected chi connectivity index (χ0v) is 25.1. The number of fused-ring (bicyclic) bond motifs is 1. The normalized spacial score (nSPS) is 12.7. The van der Waals surface area contributed by atoms with Gasteiger partial charge in [-0.25, -0.2) is 0 Å². The number of carboxylic acids is 1. The van der Waals surface area contributed by atoms with E-state index in [9.17, 15) is 14.4 Å². The lowest BCUT2D eigenvalue weighted by Gasteiger charge is -2.28. The minimum absolute atomic E-state index is 0.00136. The van der Waals surface area contributed by atoms with Crippen molar-refractivity contribution in [1.82, 2.24) is 10.2 Å². The Hall–Kier alpha value is -4.08. The van der Waals surface area contributed by atoms with Crippen molar-refractivity contribution in [3.05, 3.63) is 52.1 Å². The fraction of sp³-hybridized carbons (Fsp3) is 0.484. The van der Waals surface area contributed by atoms with Crippen molar-refractivity contribution in [3.8, 4) is 11.5 Å². The summed E-state index contributed by atoms with van der Waals surface area (Å²) in [6.07, 6.45) is 1.22. The largest absolute Gasteiger partial charge is 0.493 e. The van der Waals surface area contributed by atoms with Crippen molar-refractivity contribution in [2.45, 2.75) is 58.9 Å². The van der Waals surface area contributed by atoms with E-state index in [1.54, 1.807) is 24.1 Å². The molecule has 1 heterocycles. The number of rotatable bonds is 13. The molecule has 0 saturated carbocycles. The van der Waals surface area contributed by atoms with Gasteiger partial charge in [0.2, 0.25) is 0 Å². The number of unbranched alkanes of at least 4 members (excludes halogenated alkanes) is 1. The molecule has 0 aromatic heterocycles. The number of carboxylic acid groups (broad SMARTS) is 1. The maximum absolute atomic E-state index is 13.7. The van der Waals surface area contributed by atoms with E-state index in [1.165, 1.54) is 0 Å². The number of hydrogen-bond donors (Lipinski definition) is 3. The average Bonchev–Trinajstić information content (AvgIpc) is 3.20. The van der Waals surface area contributed by atoms with Gasteiger partial charge in [0.25, 0.3) is 5.91 Å². The summed E-state index contributed by atoms with van der Waals surface area (Å²) in [6, 6.07) is 7.13. The molecule has 1 aliphatic heterocycles. The maximum Gasteiger partial charge on any atom is 0.303 e. The van der Waals surface area contributed by atoms with E-state index in [0.29, 0.717) is 60.8 Å². The van der Waals surface area contributed by atoms with Crippen LogP contribution in [0.2, 0.25) is 0 Å². The van der Waals surface area contributed by atoms with Gasteiger partial charge in [-0.05, 0) is 55.0 Å². The van der Waals surface area contributed by atoms with Crippen molar-refractivity contribution < 1.29 is 29.0 Å². The molecule has 0 fully saturated rings. The van der Waals surface area contributed by atoms with Crippen LogP contribution in [0.15, 0.2) is 24.3 Å². The van der Waals surface area contributed by atoms with Gasteiger partial charge in [-0.15, -0.1) is 0 Å². The first-order chi connectivity index (χ1) is 19.3. The van der Waals surface area contributed by atoms with Gasteiger partial charge >= 0.3 is 5.97 Å². The summed E-state index contributed by atoms with van der Waals surface area (Å²) in [5, 5.41) is 20.3. The predicted octanol–water partition coefficient (Wildman–Crippen LogP) is 4.47. The van der Waals surface area contributed by atoms with Crippen LogP contribution in [0.4, 0.5) is 5.69 Å². The van der Waals surface area contributed by atoms with E-state index >= 15 is 0 Å². The Morgan fingerprint density at radius 1 is 1.10 bits per heavy atom. The highest BCUT2D eigenvalue weighted by Crippen LogP contribution is 2.40. The Balaban J connectivity index is 1.89. The van der Waals surface area contributed by atoms with E-state index in [1.807, 2.05) is 38.1 Å². The summed E-state index contributed by atoms with van der Waals surface area (Å²) in [5.74, 6) is 0.0608. The van der Waals surface area contributed by atoms with Crippen molar-refractivity contribution >= 4 is 29.2 Å². The van der Waals surface area contributed by atoms with Gasteiger partial charge in [0.1, 0.15) is 17.3 Å². The first-order valence-corrected chi connectivity index (χ1v) is 13.9. The monoisotopic (exact) mass is 566 g/mol. The number of benzene rings is 2. The smallest absolute Gasteiger partial charge is 0.303 e. The number of anilines is 1. The van der Waals surface area contributed by atoms with Crippen molar-refractivity contribution in [2.24, 2.45) is 0 Å². The molecule has 0 atom stereocenters. The molecule has 41 heavy (non-hydrogen) atoms. The summed E-state index contributed by atoms with van der Waals surface area (Å²) in [6.45, 7) is 9.14. The molecule has 3 N–H and O–H groups in total. The topological polar surface area (TPSA) is 132 Å². The van der Waals surface area contributed by atoms with Crippen LogP contribution in [0, 0.1) is 5.41 Å². The minimum Gasteiger partial charge on any atom is -0.493 e. The van der Waals surface area contributed by atoms with Gasteiger partial charge in [-0.3, -0.25) is 19.8 Å². The fourth-order valence-corrected chi connectivity index (χ4v) is 4.78. The van der Waals surface area contributed by atoms with E-state index in [2.05, 4.69) is 26.1 Å². The van der Waals surface area contributed by atoms with Gasteiger partial charge in [0.15, 0.2) is 5.78 Å². The maximum atomic E-state index is 13.7. The molecule has 0 radical (unpaired) electrons. The van der Waals surface area contributed by atoms with Crippen LogP contribution >= 0.6 is 0 Å². The Labute approximate surface area is 242 Å². The van der Waals surface area contributed by atoms with Crippen LogP contribution < -0.4 is 19.7 Å². The molecule has 0 unspecified atom stereocenters. The third-order valence-corrected chi connectivity index (χ3v) is 6.96. The van der Waals surface area contributed by atoms with Gasteiger partial charge < -0.3 is 29.7 Å². The highest BCUT2D eigenvalue weighted by atomic mass is 16.5. The van der Waals surface area contributed by atoms with E-state index in [0.717, 1.165) is 16.8 Å². The molecule has 3 rings (SSSR count). The number of Topliss-reactive ketones (excluding diaryl/α,β-unsaturated/α-hetero) is 1. The minimum atomic E-state index is -0.826. The highest BCUT2D eigenvalue weighted by Gasteiger charge is 2.31. The molecule has 1 amide bonds. The molecule has 2 aromatic carbocycles. The van der Waals surface area contributed by atoms with Gasteiger partial charge in [-0.2, -0.15) is 0 Å². The molecule has 0 aliphatic carbocycles. The van der Waals surface area contributed by atoms with Crippen molar-refractivity contribution in [3.63, 3.8) is 0 Å². The Morgan fingerprint density at radius 2 is 1.80 bits per heavy atom. The van der Waals surface area contributed by atoms with E-state index in [-0.39, 0.29) is 35.9 Å². The number of amidine groups is 1. The quantitative estimate of drug-likeness (QED) is 0.239. The number of carbonyl (C=O) groups excluding carboxylic acids is 2. The Kier molecular flexibility index (Phi) is 10.0. The highest BCUT2D eigenvalue weighted by molar-refractivity contribution is 6.08. The van der Waals surface area contributed by atoms with Crippen LogP contribution in [-0.2, 0) is 16.8 Å². The predicted molar refractivity (Wildman–Crippen MR) is 159 cm³/mol. The molecular weight excluding hydrogens is 524 g/mol. The van der Waals surface area contributed by atoms with Crippen LogP contribution in [0.1, 0.15) is 84.4 Å². The average molecular weight is 567 g/mol. The molecular formula is C31H42N4O6. The first kappa shape index (κ1) is 31.4. The third-order valence-electron chi connectivity index (χ3n) is 6.96. The lowest BCUT2D eigenvalue weighted by Crippen LogP contribution is -2.30. The summed E-state index contributed by atoms with van der Waals surface area (Å²) in [7, 11) is 5.32. The van der Waals surface area contributed by atoms with E-state index < -0.39 is 5.97 Å². The van der Waals surface area contributed by atoms with Crippen molar-refractivity contribution in [2.75, 3.05) is 45.8 Å². The number of nitrogens with zero attached hydrogens (tertiary/aromatic N) is 2. The van der Waals surface area contributed by atoms with Crippen LogP contribution in [0.5, 0.6) is 11.5 Å². The molecule has 10 nitrogen and oxygen atoms in total. The third kappa shape index (κ3) is 7.36. The second-order valence-electron chi connectivity index (χ2n) is 11.4. The van der Waals surface area contributed by atoms with Crippen LogP contribution in [0.25, 0.3) is 0 Å². The molecule has 0 bridgehead atoms. The fourth-order valence-electron chi connectivity index (χ4n) is 4.78. The number of ether oxygens (including phenoxy) is 2. The molecule has 1 aliphatic rings.